The Morgan fingerprint density at radius 1 is 0.863 bits per heavy atom. The Hall–Kier alpha value is -4.28. The number of benzene rings is 2. The summed E-state index contributed by atoms with van der Waals surface area (Å²) in [6.07, 6.45) is 10.7. The Bertz CT molecular complexity index is 1680. The van der Waals surface area contributed by atoms with Crippen molar-refractivity contribution < 1.29 is 22.7 Å². The molecule has 0 fully saturated rings. The number of hydrogen-bond acceptors (Lipinski definition) is 7. The number of anilines is 1. The van der Waals surface area contributed by atoms with Crippen LogP contribution < -0.4 is 4.90 Å². The molecule has 51 heavy (non-hydrogen) atoms. The molecule has 276 valence electrons. The number of carbonyl (C=O) groups is 1. The van der Waals surface area contributed by atoms with Crippen molar-refractivity contribution in [3.05, 3.63) is 53.7 Å². The molecule has 8 nitrogen and oxygen atoms in total. The highest BCUT2D eigenvalue weighted by molar-refractivity contribution is 6.69. The van der Waals surface area contributed by atoms with Gasteiger partial charge in [0.05, 0.1) is 22.6 Å². The predicted octanol–water partition coefficient (Wildman–Crippen LogP) is 11.5. The summed E-state index contributed by atoms with van der Waals surface area (Å²) in [4.78, 5) is 29.3. The lowest BCUT2D eigenvalue weighted by atomic mass is 10.0. The molecule has 4 rings (SSSR count). The van der Waals surface area contributed by atoms with Crippen LogP contribution in [-0.4, -0.2) is 53.0 Å². The van der Waals surface area contributed by atoms with Gasteiger partial charge in [-0.1, -0.05) is 103 Å². The number of aliphatic imine (C=N–C) groups is 3. The molecular formula is C40H53F3N6O2. The van der Waals surface area contributed by atoms with Gasteiger partial charge < -0.3 is 9.64 Å². The van der Waals surface area contributed by atoms with Crippen LogP contribution >= 0.6 is 0 Å². The van der Waals surface area contributed by atoms with E-state index in [1.54, 1.807) is 42.8 Å². The van der Waals surface area contributed by atoms with E-state index < -0.39 is 6.36 Å². The summed E-state index contributed by atoms with van der Waals surface area (Å²) >= 11 is 0. The maximum Gasteiger partial charge on any atom is 0.573 e. The number of para-hydroxylation sites is 1. The molecule has 0 N–H and O–H groups in total. The summed E-state index contributed by atoms with van der Waals surface area (Å²) in [6, 6.07) is 13.0. The summed E-state index contributed by atoms with van der Waals surface area (Å²) in [7, 11) is 0. The van der Waals surface area contributed by atoms with E-state index in [-0.39, 0.29) is 23.6 Å². The maximum absolute atomic E-state index is 13.2. The third-order valence-corrected chi connectivity index (χ3v) is 9.14. The molecule has 0 bridgehead atoms. The standard InChI is InChI=1S/C40H53F3N6O2/c1-6-9-11-13-15-19-25-48(26-20-16-14-12-10-7-2)31-23-24-33(29(4)27-31)45-39-37(35(50)8-3)46-38-36(30(5)47-49(38)39)32-21-17-18-22-34(32)44-28-51-40(41,42)43/h17-18,21-24,27-28H,6-16,19-20,25-26H2,1-5H3/b44-28-,45-39-. The third kappa shape index (κ3) is 11.1. The number of ether oxygens (including phenoxy) is 1. The van der Waals surface area contributed by atoms with Gasteiger partial charge in [-0.2, -0.15) is 9.78 Å². The van der Waals surface area contributed by atoms with Crippen LogP contribution in [0.1, 0.15) is 115 Å². The molecular weight excluding hydrogens is 653 g/mol. The number of ketones is 1. The number of fused-ring (bicyclic) bond motifs is 1. The van der Waals surface area contributed by atoms with Crippen molar-refractivity contribution in [1.82, 2.24) is 9.78 Å². The number of unbranched alkanes of at least 4 members (excludes halogenated alkanes) is 10. The zero-order valence-corrected chi connectivity index (χ0v) is 30.9. The SMILES string of the molecule is CCCCCCCCN(CCCCCCCC)c1ccc(/N=C2/C(C(=O)CC)=Nc3c(-c4ccccc4/N=C\OC(F)(F)F)c(C)nn32)c(C)c1. The van der Waals surface area contributed by atoms with Crippen LogP contribution in [0.25, 0.3) is 11.1 Å². The molecule has 0 aliphatic carbocycles. The molecule has 0 amide bonds. The number of alkyl halides is 3. The second kappa shape index (κ2) is 19.4. The topological polar surface area (TPSA) is 84.4 Å². The average Bonchev–Trinajstić information content (AvgIpc) is 3.61. The van der Waals surface area contributed by atoms with Gasteiger partial charge in [0.15, 0.2) is 29.5 Å². The van der Waals surface area contributed by atoms with Gasteiger partial charge in [0.25, 0.3) is 0 Å². The van der Waals surface area contributed by atoms with Crippen LogP contribution in [0.4, 0.5) is 36.1 Å². The van der Waals surface area contributed by atoms with E-state index in [0.717, 1.165) is 31.5 Å². The summed E-state index contributed by atoms with van der Waals surface area (Å²) in [6.45, 7) is 12.1. The Kier molecular flexibility index (Phi) is 15.0. The average molecular weight is 707 g/mol. The van der Waals surface area contributed by atoms with Crippen molar-refractivity contribution >= 4 is 46.6 Å². The number of halogens is 3. The molecule has 1 aliphatic heterocycles. The van der Waals surface area contributed by atoms with E-state index in [1.165, 1.54) is 69.9 Å². The minimum absolute atomic E-state index is 0.189. The molecule has 0 saturated heterocycles. The van der Waals surface area contributed by atoms with Crippen LogP contribution in [0.5, 0.6) is 0 Å². The van der Waals surface area contributed by atoms with Crippen LogP contribution in [0, 0.1) is 13.8 Å². The van der Waals surface area contributed by atoms with Crippen molar-refractivity contribution in [2.24, 2.45) is 15.0 Å². The Morgan fingerprint density at radius 2 is 1.49 bits per heavy atom. The minimum Gasteiger partial charge on any atom is -0.395 e. The summed E-state index contributed by atoms with van der Waals surface area (Å²) < 4.78 is 43.3. The molecule has 0 saturated carbocycles. The zero-order valence-electron chi connectivity index (χ0n) is 30.9. The maximum atomic E-state index is 13.2. The second-order valence-electron chi connectivity index (χ2n) is 13.2. The Morgan fingerprint density at radius 3 is 2.10 bits per heavy atom. The van der Waals surface area contributed by atoms with Crippen molar-refractivity contribution in [3.8, 4) is 11.1 Å². The van der Waals surface area contributed by atoms with Gasteiger partial charge in [0, 0.05) is 30.8 Å². The van der Waals surface area contributed by atoms with Gasteiger partial charge in [-0.3, -0.25) is 4.79 Å². The monoisotopic (exact) mass is 706 g/mol. The smallest absolute Gasteiger partial charge is 0.395 e. The Labute approximate surface area is 300 Å². The third-order valence-electron chi connectivity index (χ3n) is 9.14. The van der Waals surface area contributed by atoms with E-state index in [1.807, 2.05) is 13.0 Å². The normalized spacial score (nSPS) is 13.6. The van der Waals surface area contributed by atoms with Gasteiger partial charge in [-0.15, -0.1) is 13.2 Å². The molecule has 1 aromatic heterocycles. The first-order chi connectivity index (χ1) is 24.6. The largest absolute Gasteiger partial charge is 0.573 e. The number of carbonyl (C=O) groups excluding carboxylic acids is 1. The molecule has 1 aliphatic rings. The van der Waals surface area contributed by atoms with Gasteiger partial charge in [0.1, 0.15) is 0 Å². The van der Waals surface area contributed by atoms with Gasteiger partial charge in [0.2, 0.25) is 0 Å². The summed E-state index contributed by atoms with van der Waals surface area (Å²) in [5.41, 5.74) is 4.91. The second-order valence-corrected chi connectivity index (χ2v) is 13.2. The fraction of sp³-hybridized carbons (Fsp3) is 0.525. The number of hydrogen-bond donors (Lipinski definition) is 0. The lowest BCUT2D eigenvalue weighted by molar-refractivity contribution is -0.280. The molecule has 2 heterocycles. The molecule has 11 heteroatoms. The van der Waals surface area contributed by atoms with Crippen molar-refractivity contribution in [2.45, 2.75) is 124 Å². The minimum atomic E-state index is -4.85. The van der Waals surface area contributed by atoms with E-state index in [9.17, 15) is 18.0 Å². The summed E-state index contributed by atoms with van der Waals surface area (Å²) in [5.74, 6) is 0.506. The highest BCUT2D eigenvalue weighted by atomic mass is 19.4. The van der Waals surface area contributed by atoms with Gasteiger partial charge in [-0.05, 0) is 56.5 Å². The number of Topliss-reactive ketones (excluding diaryl/α,β-unsaturated/α-hetero) is 1. The van der Waals surface area contributed by atoms with Crippen LogP contribution in [0.15, 0.2) is 57.4 Å². The molecule has 0 radical (unpaired) electrons. The van der Waals surface area contributed by atoms with E-state index in [2.05, 4.69) is 40.6 Å². The van der Waals surface area contributed by atoms with Crippen molar-refractivity contribution in [2.75, 3.05) is 18.0 Å². The predicted molar refractivity (Wildman–Crippen MR) is 203 cm³/mol. The van der Waals surface area contributed by atoms with Crippen LogP contribution in [0.3, 0.4) is 0 Å². The fourth-order valence-electron chi connectivity index (χ4n) is 6.34. The van der Waals surface area contributed by atoms with Crippen molar-refractivity contribution in [1.29, 1.82) is 0 Å². The first kappa shape index (κ1) is 39.5. The van der Waals surface area contributed by atoms with Crippen LogP contribution in [0.2, 0.25) is 0 Å². The van der Waals surface area contributed by atoms with E-state index in [0.29, 0.717) is 40.6 Å². The number of aryl methyl sites for hydroxylation is 2. The molecule has 0 unspecified atom stereocenters. The van der Waals surface area contributed by atoms with Gasteiger partial charge >= 0.3 is 6.36 Å². The fourth-order valence-corrected chi connectivity index (χ4v) is 6.34. The summed E-state index contributed by atoms with van der Waals surface area (Å²) in [5, 5.41) is 4.72. The van der Waals surface area contributed by atoms with Crippen LogP contribution in [-0.2, 0) is 9.53 Å². The van der Waals surface area contributed by atoms with Crippen molar-refractivity contribution in [3.63, 3.8) is 0 Å². The highest BCUT2D eigenvalue weighted by Gasteiger charge is 2.33. The molecule has 0 spiro atoms. The lowest BCUT2D eigenvalue weighted by Gasteiger charge is -2.26. The van der Waals surface area contributed by atoms with Gasteiger partial charge in [-0.25, -0.2) is 15.0 Å². The highest BCUT2D eigenvalue weighted by Crippen LogP contribution is 2.41. The first-order valence-corrected chi connectivity index (χ1v) is 18.6. The van der Waals surface area contributed by atoms with E-state index >= 15 is 0 Å². The lowest BCUT2D eigenvalue weighted by Crippen LogP contribution is -2.26. The zero-order chi connectivity index (χ0) is 36.8. The number of rotatable bonds is 21. The Balaban J connectivity index is 1.64. The molecule has 3 aromatic rings. The molecule has 0 atom stereocenters. The molecule has 2 aromatic carbocycles. The number of aromatic nitrogens is 2. The first-order valence-electron chi connectivity index (χ1n) is 18.6. The van der Waals surface area contributed by atoms with E-state index in [4.69, 9.17) is 15.1 Å². The quantitative estimate of drug-likeness (QED) is 0.0627. The number of nitrogens with zero attached hydrogens (tertiary/aromatic N) is 6.